The number of ether oxygens (including phenoxy) is 1. The summed E-state index contributed by atoms with van der Waals surface area (Å²) in [6.45, 7) is 0.385. The number of amides is 2. The third kappa shape index (κ3) is 4.71. The van der Waals surface area contributed by atoms with Gasteiger partial charge in [-0.25, -0.2) is 9.67 Å². The standard InChI is InChI=1S/C24H21N5O3/c1-32-16-17-9-8-12-19(15-17)23(30)26-27-24(31)21-25-22(18-10-4-2-5-11-18)29(28-21)20-13-6-3-7-14-20/h2-15H,16H2,1H3,(H,26,30)(H,27,31). The normalized spacial score (nSPS) is 10.5. The van der Waals surface area contributed by atoms with Crippen LogP contribution in [0.4, 0.5) is 0 Å². The van der Waals surface area contributed by atoms with Gasteiger partial charge in [0.05, 0.1) is 12.3 Å². The summed E-state index contributed by atoms with van der Waals surface area (Å²) in [4.78, 5) is 29.6. The van der Waals surface area contributed by atoms with Crippen LogP contribution in [0.5, 0.6) is 0 Å². The van der Waals surface area contributed by atoms with E-state index in [9.17, 15) is 9.59 Å². The second kappa shape index (κ2) is 9.67. The quantitative estimate of drug-likeness (QED) is 0.461. The maximum Gasteiger partial charge on any atom is 0.309 e. The molecule has 160 valence electrons. The van der Waals surface area contributed by atoms with Crippen LogP contribution in [0.3, 0.4) is 0 Å². The molecule has 2 amide bonds. The van der Waals surface area contributed by atoms with Crippen LogP contribution in [0.15, 0.2) is 84.9 Å². The second-order valence-corrected chi connectivity index (χ2v) is 6.91. The van der Waals surface area contributed by atoms with Gasteiger partial charge in [0.1, 0.15) is 0 Å². The van der Waals surface area contributed by atoms with E-state index in [1.54, 1.807) is 30.0 Å². The molecule has 32 heavy (non-hydrogen) atoms. The van der Waals surface area contributed by atoms with E-state index in [0.717, 1.165) is 16.8 Å². The molecule has 0 aliphatic rings. The number of nitrogens with one attached hydrogen (secondary N) is 2. The topological polar surface area (TPSA) is 98.1 Å². The Morgan fingerprint density at radius 2 is 1.56 bits per heavy atom. The summed E-state index contributed by atoms with van der Waals surface area (Å²) < 4.78 is 6.68. The SMILES string of the molecule is COCc1cccc(C(=O)NNC(=O)c2nc(-c3ccccc3)n(-c3ccccc3)n2)c1. The maximum absolute atomic E-state index is 12.7. The third-order valence-corrected chi connectivity index (χ3v) is 4.63. The second-order valence-electron chi connectivity index (χ2n) is 6.91. The van der Waals surface area contributed by atoms with E-state index in [4.69, 9.17) is 4.74 Å². The number of carbonyl (C=O) groups excluding carboxylic acids is 2. The first-order valence-electron chi connectivity index (χ1n) is 9.92. The Bertz CT molecular complexity index is 1170. The third-order valence-electron chi connectivity index (χ3n) is 4.63. The first kappa shape index (κ1) is 21.0. The van der Waals surface area contributed by atoms with E-state index in [1.165, 1.54) is 0 Å². The lowest BCUT2D eigenvalue weighted by Crippen LogP contribution is -2.42. The van der Waals surface area contributed by atoms with E-state index in [1.807, 2.05) is 66.7 Å². The van der Waals surface area contributed by atoms with Crippen molar-refractivity contribution in [1.82, 2.24) is 25.6 Å². The number of hydrogen-bond donors (Lipinski definition) is 2. The highest BCUT2D eigenvalue weighted by Gasteiger charge is 2.19. The van der Waals surface area contributed by atoms with E-state index in [2.05, 4.69) is 20.9 Å². The Kier molecular flexibility index (Phi) is 6.33. The van der Waals surface area contributed by atoms with Crippen molar-refractivity contribution in [3.05, 3.63) is 102 Å². The molecule has 4 rings (SSSR count). The van der Waals surface area contributed by atoms with Gasteiger partial charge in [-0.2, -0.15) is 0 Å². The number of aromatic nitrogens is 3. The fraction of sp³-hybridized carbons (Fsp3) is 0.0833. The van der Waals surface area contributed by atoms with Crippen LogP contribution < -0.4 is 10.9 Å². The number of hydrogen-bond acceptors (Lipinski definition) is 5. The number of carbonyl (C=O) groups is 2. The van der Waals surface area contributed by atoms with Gasteiger partial charge in [-0.3, -0.25) is 20.4 Å². The lowest BCUT2D eigenvalue weighted by molar-refractivity contribution is 0.0841. The summed E-state index contributed by atoms with van der Waals surface area (Å²) in [6, 6.07) is 25.8. The van der Waals surface area contributed by atoms with Gasteiger partial charge in [-0.05, 0) is 29.8 Å². The number of rotatable bonds is 6. The van der Waals surface area contributed by atoms with Crippen molar-refractivity contribution in [1.29, 1.82) is 0 Å². The number of hydrazine groups is 1. The molecule has 2 N–H and O–H groups in total. The largest absolute Gasteiger partial charge is 0.380 e. The van der Waals surface area contributed by atoms with Crippen LogP contribution in [-0.2, 0) is 11.3 Å². The maximum atomic E-state index is 12.7. The van der Waals surface area contributed by atoms with Crippen LogP contribution in [0.2, 0.25) is 0 Å². The van der Waals surface area contributed by atoms with Gasteiger partial charge in [0.25, 0.3) is 5.91 Å². The molecule has 0 radical (unpaired) electrons. The molecule has 0 bridgehead atoms. The summed E-state index contributed by atoms with van der Waals surface area (Å²) in [7, 11) is 1.58. The number of benzene rings is 3. The zero-order valence-corrected chi connectivity index (χ0v) is 17.4. The van der Waals surface area contributed by atoms with Gasteiger partial charge in [-0.1, -0.05) is 60.7 Å². The van der Waals surface area contributed by atoms with Crippen molar-refractivity contribution < 1.29 is 14.3 Å². The smallest absolute Gasteiger partial charge is 0.309 e. The highest BCUT2D eigenvalue weighted by atomic mass is 16.5. The summed E-state index contributed by atoms with van der Waals surface area (Å²) in [5, 5.41) is 4.37. The first-order valence-corrected chi connectivity index (χ1v) is 9.92. The molecule has 8 heteroatoms. The first-order chi connectivity index (χ1) is 15.7. The van der Waals surface area contributed by atoms with Crippen LogP contribution in [0.1, 0.15) is 26.5 Å². The number of para-hydroxylation sites is 1. The van der Waals surface area contributed by atoms with Crippen molar-refractivity contribution in [2.24, 2.45) is 0 Å². The molecule has 0 fully saturated rings. The lowest BCUT2D eigenvalue weighted by Gasteiger charge is -2.07. The Labute approximate surface area is 184 Å². The van der Waals surface area contributed by atoms with Gasteiger partial charge < -0.3 is 4.74 Å². The Balaban J connectivity index is 1.54. The molecule has 0 spiro atoms. The van der Waals surface area contributed by atoms with Gasteiger partial charge in [0.2, 0.25) is 5.82 Å². The lowest BCUT2D eigenvalue weighted by atomic mass is 10.1. The molecule has 0 atom stereocenters. The van der Waals surface area contributed by atoms with Crippen LogP contribution in [0, 0.1) is 0 Å². The molecule has 3 aromatic carbocycles. The Morgan fingerprint density at radius 1 is 0.875 bits per heavy atom. The van der Waals surface area contributed by atoms with Crippen LogP contribution in [0.25, 0.3) is 17.1 Å². The van der Waals surface area contributed by atoms with Gasteiger partial charge >= 0.3 is 5.91 Å². The van der Waals surface area contributed by atoms with Gasteiger partial charge in [0, 0.05) is 18.2 Å². The van der Waals surface area contributed by atoms with E-state index in [0.29, 0.717) is 18.0 Å². The minimum absolute atomic E-state index is 0.0684. The van der Waals surface area contributed by atoms with E-state index in [-0.39, 0.29) is 5.82 Å². The molecule has 1 heterocycles. The van der Waals surface area contributed by atoms with Crippen molar-refractivity contribution in [3.63, 3.8) is 0 Å². The van der Waals surface area contributed by atoms with Crippen LogP contribution in [-0.4, -0.2) is 33.7 Å². The molecule has 0 aliphatic carbocycles. The Morgan fingerprint density at radius 3 is 2.28 bits per heavy atom. The molecule has 4 aromatic rings. The fourth-order valence-corrected chi connectivity index (χ4v) is 3.14. The van der Waals surface area contributed by atoms with Crippen molar-refractivity contribution in [3.8, 4) is 17.1 Å². The molecule has 1 aromatic heterocycles. The highest BCUT2D eigenvalue weighted by molar-refractivity contribution is 5.97. The predicted molar refractivity (Wildman–Crippen MR) is 119 cm³/mol. The average molecular weight is 427 g/mol. The van der Waals surface area contributed by atoms with E-state index < -0.39 is 11.8 Å². The fourth-order valence-electron chi connectivity index (χ4n) is 3.14. The molecule has 0 saturated heterocycles. The van der Waals surface area contributed by atoms with Gasteiger partial charge in [0.15, 0.2) is 5.82 Å². The highest BCUT2D eigenvalue weighted by Crippen LogP contribution is 2.20. The summed E-state index contributed by atoms with van der Waals surface area (Å²) in [5.74, 6) is -0.637. The minimum Gasteiger partial charge on any atom is -0.380 e. The zero-order valence-electron chi connectivity index (χ0n) is 17.4. The monoisotopic (exact) mass is 427 g/mol. The summed E-state index contributed by atoms with van der Waals surface area (Å²) >= 11 is 0. The Hall–Kier alpha value is -4.30. The molecule has 8 nitrogen and oxygen atoms in total. The molecule has 0 unspecified atom stereocenters. The number of nitrogens with zero attached hydrogens (tertiary/aromatic N) is 3. The number of methoxy groups -OCH3 is 1. The zero-order chi connectivity index (χ0) is 22.3. The predicted octanol–water partition coefficient (Wildman–Crippen LogP) is 3.16. The minimum atomic E-state index is -0.627. The van der Waals surface area contributed by atoms with Gasteiger partial charge in [-0.15, -0.1) is 5.10 Å². The van der Waals surface area contributed by atoms with Crippen molar-refractivity contribution >= 4 is 11.8 Å². The van der Waals surface area contributed by atoms with Crippen LogP contribution >= 0.6 is 0 Å². The summed E-state index contributed by atoms with van der Waals surface area (Å²) in [6.07, 6.45) is 0. The molecular formula is C24H21N5O3. The molecule has 0 saturated carbocycles. The van der Waals surface area contributed by atoms with Crippen molar-refractivity contribution in [2.45, 2.75) is 6.61 Å². The molecule has 0 aliphatic heterocycles. The van der Waals surface area contributed by atoms with Crippen molar-refractivity contribution in [2.75, 3.05) is 7.11 Å². The summed E-state index contributed by atoms with van der Waals surface area (Å²) in [5.41, 5.74) is 7.60. The average Bonchev–Trinajstić information content (AvgIpc) is 3.29. The van der Waals surface area contributed by atoms with E-state index >= 15 is 0 Å². The molecular weight excluding hydrogens is 406 g/mol.